The summed E-state index contributed by atoms with van der Waals surface area (Å²) in [6, 6.07) is 47.0. The van der Waals surface area contributed by atoms with Gasteiger partial charge < -0.3 is 4.42 Å². The maximum atomic E-state index is 9.95. The average molecular weight is 630 g/mol. The summed E-state index contributed by atoms with van der Waals surface area (Å²) in [5.41, 5.74) is 12.2. The smallest absolute Gasteiger partial charge is 0.160 e. The summed E-state index contributed by atoms with van der Waals surface area (Å²) in [6.45, 7) is 0. The molecular formula is C45H31N3O. The van der Waals surface area contributed by atoms with E-state index in [0.29, 0.717) is 11.4 Å². The molecule has 0 atom stereocenters. The molecule has 0 radical (unpaired) electrons. The normalized spacial score (nSPS) is 14.7. The summed E-state index contributed by atoms with van der Waals surface area (Å²) in [4.78, 5) is 10.6. The summed E-state index contributed by atoms with van der Waals surface area (Å²) in [5, 5.41) is 14.5. The average Bonchev–Trinajstić information content (AvgIpc) is 3.67. The Morgan fingerprint density at radius 1 is 0.571 bits per heavy atom. The first kappa shape index (κ1) is 28.0. The minimum Gasteiger partial charge on any atom is -0.456 e. The van der Waals surface area contributed by atoms with Crippen LogP contribution in [0.5, 0.6) is 0 Å². The van der Waals surface area contributed by atoms with Crippen LogP contribution in [0.2, 0.25) is 0 Å². The SMILES string of the molecule is N#Cc1ccc2c(c1)-c1c(-c3cc(-c4ccc5ccccc5c4)nc(-c4ccc5c(c4)oc4ccccc45)n3)cccc1C21CCCCC1. The number of benzene rings is 6. The number of nitriles is 1. The van der Waals surface area contributed by atoms with Crippen LogP contribution in [0.3, 0.4) is 0 Å². The first-order chi connectivity index (χ1) is 24.2. The van der Waals surface area contributed by atoms with Gasteiger partial charge in [0, 0.05) is 32.9 Å². The van der Waals surface area contributed by atoms with Gasteiger partial charge in [0.25, 0.3) is 0 Å². The van der Waals surface area contributed by atoms with Crippen LogP contribution >= 0.6 is 0 Å². The molecule has 2 aliphatic rings. The van der Waals surface area contributed by atoms with Crippen LogP contribution in [0.1, 0.15) is 48.8 Å². The van der Waals surface area contributed by atoms with Crippen molar-refractivity contribution in [1.29, 1.82) is 5.26 Å². The molecule has 8 aromatic rings. The molecule has 49 heavy (non-hydrogen) atoms. The second kappa shape index (κ2) is 10.7. The predicted octanol–water partition coefficient (Wildman–Crippen LogP) is 11.6. The zero-order valence-electron chi connectivity index (χ0n) is 26.9. The van der Waals surface area contributed by atoms with E-state index < -0.39 is 0 Å². The van der Waals surface area contributed by atoms with Crippen LogP contribution in [0.25, 0.3) is 77.7 Å². The van der Waals surface area contributed by atoms with Crippen molar-refractivity contribution in [3.63, 3.8) is 0 Å². The van der Waals surface area contributed by atoms with E-state index in [4.69, 9.17) is 14.4 Å². The molecule has 0 saturated heterocycles. The molecular weight excluding hydrogens is 599 g/mol. The van der Waals surface area contributed by atoms with Crippen molar-refractivity contribution >= 4 is 32.7 Å². The van der Waals surface area contributed by atoms with Gasteiger partial charge in [0.2, 0.25) is 0 Å². The van der Waals surface area contributed by atoms with Gasteiger partial charge in [-0.1, -0.05) is 104 Å². The second-order valence-electron chi connectivity index (χ2n) is 13.6. The third kappa shape index (κ3) is 4.29. The van der Waals surface area contributed by atoms with Gasteiger partial charge in [-0.3, -0.25) is 0 Å². The lowest BCUT2D eigenvalue weighted by Crippen LogP contribution is -2.28. The lowest BCUT2D eigenvalue weighted by atomic mass is 9.67. The number of aromatic nitrogens is 2. The molecule has 4 heteroatoms. The summed E-state index contributed by atoms with van der Waals surface area (Å²) >= 11 is 0. The van der Waals surface area contributed by atoms with Crippen molar-refractivity contribution in [2.75, 3.05) is 0 Å². The zero-order chi connectivity index (χ0) is 32.5. The fourth-order valence-corrected chi connectivity index (χ4v) is 8.61. The number of hydrogen-bond donors (Lipinski definition) is 0. The maximum absolute atomic E-state index is 9.95. The monoisotopic (exact) mass is 629 g/mol. The zero-order valence-corrected chi connectivity index (χ0v) is 26.9. The topological polar surface area (TPSA) is 62.7 Å². The molecule has 0 bridgehead atoms. The standard InChI is InChI=1S/C45H31N3O/c46-27-28-15-20-37-36(23-28)43-35(12-8-13-38(43)45(37)21-6-1-7-22-45)40-26-39(31-17-16-29-9-2-3-10-30(29)24-31)47-44(48-40)32-18-19-34-33-11-4-5-14-41(33)49-42(34)25-32/h2-5,8-20,23-26H,1,6-7,21-22H2. The predicted molar refractivity (Wildman–Crippen MR) is 197 cm³/mol. The molecule has 10 rings (SSSR count). The molecule has 0 aliphatic heterocycles. The van der Waals surface area contributed by atoms with E-state index in [1.165, 1.54) is 52.3 Å². The van der Waals surface area contributed by atoms with E-state index in [1.807, 2.05) is 24.3 Å². The van der Waals surface area contributed by atoms with Crippen LogP contribution in [0.4, 0.5) is 0 Å². The first-order valence-electron chi connectivity index (χ1n) is 17.2. The van der Waals surface area contributed by atoms with Crippen LogP contribution in [0, 0.1) is 11.3 Å². The minimum atomic E-state index is -0.0315. The van der Waals surface area contributed by atoms with Gasteiger partial charge in [0.15, 0.2) is 5.82 Å². The molecule has 232 valence electrons. The van der Waals surface area contributed by atoms with E-state index in [-0.39, 0.29) is 5.41 Å². The molecule has 0 N–H and O–H groups in total. The summed E-state index contributed by atoms with van der Waals surface area (Å²) in [6.07, 6.45) is 5.92. The van der Waals surface area contributed by atoms with Crippen LogP contribution in [0.15, 0.2) is 132 Å². The highest BCUT2D eigenvalue weighted by Crippen LogP contribution is 2.58. The van der Waals surface area contributed by atoms with E-state index in [9.17, 15) is 5.26 Å². The quantitative estimate of drug-likeness (QED) is 0.195. The first-order valence-corrected chi connectivity index (χ1v) is 17.2. The number of hydrogen-bond acceptors (Lipinski definition) is 4. The Morgan fingerprint density at radius 3 is 2.27 bits per heavy atom. The van der Waals surface area contributed by atoms with E-state index in [1.54, 1.807) is 0 Å². The molecule has 1 saturated carbocycles. The van der Waals surface area contributed by atoms with Gasteiger partial charge >= 0.3 is 0 Å². The van der Waals surface area contributed by atoms with Crippen LogP contribution in [-0.2, 0) is 5.41 Å². The van der Waals surface area contributed by atoms with E-state index >= 15 is 0 Å². The number of para-hydroxylation sites is 1. The fourth-order valence-electron chi connectivity index (χ4n) is 8.61. The van der Waals surface area contributed by atoms with Crippen molar-refractivity contribution in [3.05, 3.63) is 144 Å². The van der Waals surface area contributed by atoms with Crippen molar-refractivity contribution in [1.82, 2.24) is 9.97 Å². The van der Waals surface area contributed by atoms with Gasteiger partial charge in [-0.25, -0.2) is 9.97 Å². The Kier molecular flexibility index (Phi) is 6.14. The molecule has 4 nitrogen and oxygen atoms in total. The van der Waals surface area contributed by atoms with Crippen LogP contribution in [-0.4, -0.2) is 9.97 Å². The Balaban J connectivity index is 1.22. The molecule has 0 unspecified atom stereocenters. The van der Waals surface area contributed by atoms with E-state index in [2.05, 4.69) is 109 Å². The fraction of sp³-hybridized carbons (Fsp3) is 0.133. The molecule has 1 fully saturated rings. The molecule has 2 aliphatic carbocycles. The molecule has 0 amide bonds. The number of furan rings is 1. The molecule has 1 spiro atoms. The third-order valence-corrected chi connectivity index (χ3v) is 10.9. The lowest BCUT2D eigenvalue weighted by Gasteiger charge is -2.36. The largest absolute Gasteiger partial charge is 0.456 e. The number of nitrogens with zero attached hydrogens (tertiary/aromatic N) is 3. The van der Waals surface area contributed by atoms with Crippen LogP contribution < -0.4 is 0 Å². The summed E-state index contributed by atoms with van der Waals surface area (Å²) < 4.78 is 6.30. The van der Waals surface area contributed by atoms with Gasteiger partial charge in [0.1, 0.15) is 11.2 Å². The Hall–Kier alpha value is -6.05. The Morgan fingerprint density at radius 2 is 1.37 bits per heavy atom. The Labute approximate surface area is 284 Å². The van der Waals surface area contributed by atoms with Gasteiger partial charge in [0.05, 0.1) is 23.0 Å². The summed E-state index contributed by atoms with van der Waals surface area (Å²) in [5.74, 6) is 0.650. The van der Waals surface area contributed by atoms with Gasteiger partial charge in [-0.05, 0) is 88.3 Å². The van der Waals surface area contributed by atoms with Gasteiger partial charge in [-0.2, -0.15) is 5.26 Å². The maximum Gasteiger partial charge on any atom is 0.160 e. The second-order valence-corrected chi connectivity index (χ2v) is 13.6. The Bertz CT molecular complexity index is 2670. The van der Waals surface area contributed by atoms with Crippen molar-refractivity contribution in [2.45, 2.75) is 37.5 Å². The molecule has 2 heterocycles. The number of fused-ring (bicyclic) bond motifs is 9. The van der Waals surface area contributed by atoms with E-state index in [0.717, 1.165) is 62.9 Å². The van der Waals surface area contributed by atoms with Crippen molar-refractivity contribution in [3.8, 4) is 51.1 Å². The molecule has 6 aromatic carbocycles. The highest BCUT2D eigenvalue weighted by Gasteiger charge is 2.44. The highest BCUT2D eigenvalue weighted by atomic mass is 16.3. The molecule has 2 aromatic heterocycles. The van der Waals surface area contributed by atoms with Gasteiger partial charge in [-0.15, -0.1) is 0 Å². The summed E-state index contributed by atoms with van der Waals surface area (Å²) in [7, 11) is 0. The van der Waals surface area contributed by atoms with Crippen molar-refractivity contribution in [2.24, 2.45) is 0 Å². The number of rotatable bonds is 3. The highest BCUT2D eigenvalue weighted by molar-refractivity contribution is 6.05. The lowest BCUT2D eigenvalue weighted by molar-refractivity contribution is 0.353. The minimum absolute atomic E-state index is 0.0315. The third-order valence-electron chi connectivity index (χ3n) is 10.9. The van der Waals surface area contributed by atoms with Crippen molar-refractivity contribution < 1.29 is 4.42 Å².